The molecular formula is C26H50N2O6Si2. The van der Waals surface area contributed by atoms with Crippen LogP contribution >= 0.6 is 0 Å². The van der Waals surface area contributed by atoms with Crippen LogP contribution in [0.15, 0.2) is 0 Å². The summed E-state index contributed by atoms with van der Waals surface area (Å²) in [6.45, 7) is 24.9. The van der Waals surface area contributed by atoms with Gasteiger partial charge in [-0.2, -0.15) is 10.5 Å². The van der Waals surface area contributed by atoms with Gasteiger partial charge in [0.25, 0.3) is 0 Å². The van der Waals surface area contributed by atoms with Crippen LogP contribution in [0.4, 0.5) is 0 Å². The second-order valence-corrected chi connectivity index (χ2v) is 22.7. The standard InChI is InChI=1S/C19H39NO3Si2.C7H11NO3/c1-17(2,3)24(8,9)22-14-19(7,16(21)12-13-20)15-23-25(10,11)18(4,5)6;1-7(4-9,5-10)6(11)2-3-8/h12,14-15H2,1-11H3;9-10H,2,4-5H2,1H3. The highest BCUT2D eigenvalue weighted by atomic mass is 28.4. The Balaban J connectivity index is 0. The maximum Gasteiger partial charge on any atom is 0.192 e. The third-order valence-electron chi connectivity index (χ3n) is 7.64. The Kier molecular flexibility index (Phi) is 14.2. The highest BCUT2D eigenvalue weighted by Gasteiger charge is 2.44. The average molecular weight is 543 g/mol. The first-order valence-electron chi connectivity index (χ1n) is 12.3. The fourth-order valence-corrected chi connectivity index (χ4v) is 4.34. The van der Waals surface area contributed by atoms with E-state index in [1.54, 1.807) is 6.07 Å². The molecule has 0 aliphatic heterocycles. The van der Waals surface area contributed by atoms with Gasteiger partial charge >= 0.3 is 0 Å². The number of carbonyl (C=O) groups is 2. The number of aliphatic hydroxyl groups is 2. The van der Waals surface area contributed by atoms with E-state index in [0.717, 1.165) is 0 Å². The number of nitrogens with zero attached hydrogens (tertiary/aromatic N) is 2. The van der Waals surface area contributed by atoms with Gasteiger partial charge in [-0.25, -0.2) is 0 Å². The molecule has 0 bridgehead atoms. The second-order valence-electron chi connectivity index (χ2n) is 13.1. The molecule has 2 N–H and O–H groups in total. The van der Waals surface area contributed by atoms with Crippen molar-refractivity contribution in [3.63, 3.8) is 0 Å². The predicted octanol–water partition coefficient (Wildman–Crippen LogP) is 4.98. The molecule has 0 spiro atoms. The monoisotopic (exact) mass is 542 g/mol. The molecule has 36 heavy (non-hydrogen) atoms. The summed E-state index contributed by atoms with van der Waals surface area (Å²) in [6, 6.07) is 3.66. The summed E-state index contributed by atoms with van der Waals surface area (Å²) >= 11 is 0. The molecule has 0 fully saturated rings. The highest BCUT2D eigenvalue weighted by molar-refractivity contribution is 6.74. The van der Waals surface area contributed by atoms with Crippen LogP contribution in [0.2, 0.25) is 36.3 Å². The number of hydrogen-bond acceptors (Lipinski definition) is 8. The summed E-state index contributed by atoms with van der Waals surface area (Å²) in [4.78, 5) is 23.6. The molecule has 0 rings (SSSR count). The molecule has 208 valence electrons. The summed E-state index contributed by atoms with van der Waals surface area (Å²) in [5.74, 6) is -0.516. The molecule has 0 aromatic carbocycles. The molecule has 0 atom stereocenters. The normalized spacial score (nSPS) is 13.2. The van der Waals surface area contributed by atoms with Crippen molar-refractivity contribution in [2.45, 2.75) is 104 Å². The molecule has 0 aromatic heterocycles. The number of ketones is 2. The lowest BCUT2D eigenvalue weighted by Crippen LogP contribution is -2.49. The second kappa shape index (κ2) is 13.9. The summed E-state index contributed by atoms with van der Waals surface area (Å²) in [5, 5.41) is 34.7. The maximum absolute atomic E-state index is 12.6. The Hall–Kier alpha value is -1.41. The van der Waals surface area contributed by atoms with Gasteiger partial charge in [-0.05, 0) is 50.1 Å². The van der Waals surface area contributed by atoms with Crippen LogP contribution in [0.3, 0.4) is 0 Å². The van der Waals surface area contributed by atoms with E-state index >= 15 is 0 Å². The van der Waals surface area contributed by atoms with E-state index in [-0.39, 0.29) is 28.7 Å². The van der Waals surface area contributed by atoms with E-state index in [4.69, 9.17) is 29.6 Å². The summed E-state index contributed by atoms with van der Waals surface area (Å²) in [5.41, 5.74) is -1.93. The number of hydrogen-bond donors (Lipinski definition) is 2. The van der Waals surface area contributed by atoms with E-state index in [1.165, 1.54) is 6.92 Å². The van der Waals surface area contributed by atoms with Gasteiger partial charge in [0.05, 0.1) is 49.0 Å². The zero-order chi connectivity index (χ0) is 29.2. The molecule has 0 aromatic rings. The van der Waals surface area contributed by atoms with Crippen LogP contribution in [-0.4, -0.2) is 64.8 Å². The van der Waals surface area contributed by atoms with Crippen LogP contribution in [0.5, 0.6) is 0 Å². The van der Waals surface area contributed by atoms with Crippen molar-refractivity contribution < 1.29 is 28.7 Å². The van der Waals surface area contributed by atoms with Crippen LogP contribution in [-0.2, 0) is 18.4 Å². The molecule has 0 saturated carbocycles. The van der Waals surface area contributed by atoms with Crippen molar-refractivity contribution in [2.75, 3.05) is 26.4 Å². The van der Waals surface area contributed by atoms with E-state index in [2.05, 4.69) is 67.7 Å². The van der Waals surface area contributed by atoms with Crippen LogP contribution in [0.25, 0.3) is 0 Å². The van der Waals surface area contributed by atoms with Crippen molar-refractivity contribution in [3.05, 3.63) is 0 Å². The average Bonchev–Trinajstić information content (AvgIpc) is 2.75. The number of nitriles is 2. The third-order valence-corrected chi connectivity index (χ3v) is 16.6. The first-order valence-corrected chi connectivity index (χ1v) is 18.1. The fraction of sp³-hybridized carbons (Fsp3) is 0.846. The first kappa shape index (κ1) is 36.7. The predicted molar refractivity (Wildman–Crippen MR) is 147 cm³/mol. The van der Waals surface area contributed by atoms with E-state index in [9.17, 15) is 9.59 Å². The fourth-order valence-electron chi connectivity index (χ4n) is 2.11. The van der Waals surface area contributed by atoms with Crippen molar-refractivity contribution >= 4 is 28.2 Å². The van der Waals surface area contributed by atoms with E-state index < -0.39 is 46.5 Å². The minimum atomic E-state index is -1.97. The van der Waals surface area contributed by atoms with Gasteiger partial charge in [0.15, 0.2) is 28.2 Å². The van der Waals surface area contributed by atoms with Crippen molar-refractivity contribution in [1.29, 1.82) is 10.5 Å². The van der Waals surface area contributed by atoms with Gasteiger partial charge in [0.2, 0.25) is 0 Å². The quantitative estimate of drug-likeness (QED) is 0.329. The van der Waals surface area contributed by atoms with E-state index in [0.29, 0.717) is 13.2 Å². The molecule has 0 unspecified atom stereocenters. The Morgan fingerprint density at radius 3 is 1.17 bits per heavy atom. The number of aliphatic hydroxyl groups excluding tert-OH is 2. The molecule has 0 radical (unpaired) electrons. The zero-order valence-electron chi connectivity index (χ0n) is 24.7. The Bertz CT molecular complexity index is 780. The zero-order valence-corrected chi connectivity index (χ0v) is 26.7. The molecule has 0 saturated heterocycles. The first-order chi connectivity index (χ1) is 16.0. The van der Waals surface area contributed by atoms with Crippen molar-refractivity contribution in [1.82, 2.24) is 0 Å². The number of Topliss-reactive ketones (excluding diaryl/α,β-unsaturated/α-hetero) is 2. The molecular weight excluding hydrogens is 492 g/mol. The molecule has 0 aliphatic carbocycles. The van der Waals surface area contributed by atoms with Crippen LogP contribution < -0.4 is 0 Å². The Labute approximate surface area is 221 Å². The lowest BCUT2D eigenvalue weighted by Gasteiger charge is -2.42. The van der Waals surface area contributed by atoms with Crippen LogP contribution in [0, 0.1) is 33.5 Å². The van der Waals surface area contributed by atoms with Gasteiger partial charge in [-0.15, -0.1) is 0 Å². The smallest absolute Gasteiger partial charge is 0.192 e. The van der Waals surface area contributed by atoms with E-state index in [1.807, 2.05) is 13.0 Å². The van der Waals surface area contributed by atoms with Gasteiger partial charge in [0.1, 0.15) is 0 Å². The summed E-state index contributed by atoms with van der Waals surface area (Å²) < 4.78 is 12.6. The summed E-state index contributed by atoms with van der Waals surface area (Å²) in [7, 11) is -3.95. The molecule has 10 heteroatoms. The minimum Gasteiger partial charge on any atom is -0.416 e. The third kappa shape index (κ3) is 10.9. The van der Waals surface area contributed by atoms with Gasteiger partial charge in [-0.3, -0.25) is 9.59 Å². The SMILES string of the molecule is CC(CO)(CO)C(=O)CC#N.CC(CO[Si](C)(C)C(C)(C)C)(CO[Si](C)(C)C(C)(C)C)C(=O)CC#N. The molecule has 0 heterocycles. The van der Waals surface area contributed by atoms with Gasteiger partial charge < -0.3 is 19.1 Å². The molecule has 0 aliphatic rings. The van der Waals surface area contributed by atoms with Crippen molar-refractivity contribution in [3.8, 4) is 12.1 Å². The maximum atomic E-state index is 12.6. The summed E-state index contributed by atoms with van der Waals surface area (Å²) in [6.07, 6.45) is -0.365. The van der Waals surface area contributed by atoms with Gasteiger partial charge in [-0.1, -0.05) is 41.5 Å². The van der Waals surface area contributed by atoms with Gasteiger partial charge in [0, 0.05) is 13.2 Å². The van der Waals surface area contributed by atoms with Crippen LogP contribution in [0.1, 0.15) is 68.2 Å². The van der Waals surface area contributed by atoms with Crippen molar-refractivity contribution in [2.24, 2.45) is 10.8 Å². The number of carbonyl (C=O) groups excluding carboxylic acids is 2. The highest BCUT2D eigenvalue weighted by Crippen LogP contribution is 2.40. The lowest BCUT2D eigenvalue weighted by atomic mass is 9.86. The minimum absolute atomic E-state index is 0.0759. The Morgan fingerprint density at radius 2 is 0.944 bits per heavy atom. The molecule has 0 amide bonds. The lowest BCUT2D eigenvalue weighted by molar-refractivity contribution is -0.132. The topological polar surface area (TPSA) is 141 Å². The molecule has 8 nitrogen and oxygen atoms in total. The number of rotatable bonds is 12. The largest absolute Gasteiger partial charge is 0.416 e. The Morgan fingerprint density at radius 1 is 0.667 bits per heavy atom.